The molecule has 1 aliphatic rings. The van der Waals surface area contributed by atoms with Crippen LogP contribution in [0.2, 0.25) is 5.02 Å². The minimum absolute atomic E-state index is 0. The molecule has 1 saturated heterocycles. The monoisotopic (exact) mass is 374 g/mol. The Morgan fingerprint density at radius 2 is 2.12 bits per heavy atom. The normalized spacial score (nSPS) is 17.6. The minimum Gasteiger partial charge on any atom is -0.381 e. The molecule has 0 aliphatic carbocycles. The highest BCUT2D eigenvalue weighted by Crippen LogP contribution is 2.36. The van der Waals surface area contributed by atoms with Crippen molar-refractivity contribution < 1.29 is 9.53 Å². The molecule has 1 aromatic rings. The van der Waals surface area contributed by atoms with Crippen LogP contribution in [0.1, 0.15) is 44.6 Å². The van der Waals surface area contributed by atoms with Crippen LogP contribution in [-0.2, 0) is 14.9 Å². The highest BCUT2D eigenvalue weighted by molar-refractivity contribution is 6.30. The van der Waals surface area contributed by atoms with Crippen molar-refractivity contribution in [2.24, 2.45) is 5.73 Å². The number of nitrogens with one attached hydrogen (secondary N) is 1. The van der Waals surface area contributed by atoms with E-state index in [1.54, 1.807) is 0 Å². The Morgan fingerprint density at radius 3 is 2.71 bits per heavy atom. The number of carbonyl (C=O) groups excluding carboxylic acids is 1. The van der Waals surface area contributed by atoms with Crippen LogP contribution in [0.15, 0.2) is 24.3 Å². The molecular weight excluding hydrogens is 347 g/mol. The maximum atomic E-state index is 13.1. The van der Waals surface area contributed by atoms with Gasteiger partial charge in [-0.2, -0.15) is 0 Å². The third-order valence-electron chi connectivity index (χ3n) is 4.68. The molecule has 1 atom stereocenters. The number of carbonyl (C=O) groups is 1. The summed E-state index contributed by atoms with van der Waals surface area (Å²) in [5, 5.41) is 3.82. The van der Waals surface area contributed by atoms with Gasteiger partial charge in [-0.15, -0.1) is 12.4 Å². The second kappa shape index (κ2) is 10.2. The van der Waals surface area contributed by atoms with Crippen molar-refractivity contribution in [1.82, 2.24) is 5.32 Å². The molecule has 1 amide bonds. The standard InChI is InChI=1S/C18H27ClN2O2.ClH/c1-2-3-7-16(13-20)21-17(22)18(8-10-23-11-9-18)14-5-4-6-15(19)12-14;/h4-6,12,16H,2-3,7-11,13,20H2,1H3,(H,21,22);1H. The minimum atomic E-state index is -0.567. The third kappa shape index (κ3) is 5.09. The Balaban J connectivity index is 0.00000288. The van der Waals surface area contributed by atoms with E-state index in [1.807, 2.05) is 24.3 Å². The average molecular weight is 375 g/mol. The lowest BCUT2D eigenvalue weighted by atomic mass is 9.73. The van der Waals surface area contributed by atoms with Gasteiger partial charge in [0.15, 0.2) is 0 Å². The summed E-state index contributed by atoms with van der Waals surface area (Å²) in [7, 11) is 0. The molecule has 24 heavy (non-hydrogen) atoms. The van der Waals surface area contributed by atoms with E-state index in [9.17, 15) is 4.79 Å². The van der Waals surface area contributed by atoms with Crippen LogP contribution in [-0.4, -0.2) is 31.7 Å². The molecule has 136 valence electrons. The highest BCUT2D eigenvalue weighted by atomic mass is 35.5. The lowest BCUT2D eigenvalue weighted by Crippen LogP contribution is -2.52. The topological polar surface area (TPSA) is 64.3 Å². The molecule has 6 heteroatoms. The number of amides is 1. The molecule has 2 rings (SSSR count). The van der Waals surface area contributed by atoms with Gasteiger partial charge in [0.05, 0.1) is 5.41 Å². The molecule has 1 unspecified atom stereocenters. The molecule has 1 fully saturated rings. The van der Waals surface area contributed by atoms with Gasteiger partial charge in [0, 0.05) is 30.8 Å². The first kappa shape index (κ1) is 21.2. The van der Waals surface area contributed by atoms with Crippen molar-refractivity contribution in [3.63, 3.8) is 0 Å². The smallest absolute Gasteiger partial charge is 0.231 e. The van der Waals surface area contributed by atoms with E-state index in [0.717, 1.165) is 24.8 Å². The van der Waals surface area contributed by atoms with Crippen LogP contribution >= 0.6 is 24.0 Å². The zero-order valence-electron chi connectivity index (χ0n) is 14.2. The molecule has 1 heterocycles. The molecule has 4 nitrogen and oxygen atoms in total. The maximum absolute atomic E-state index is 13.1. The molecule has 1 aliphatic heterocycles. The first-order valence-corrected chi connectivity index (χ1v) is 8.85. The van der Waals surface area contributed by atoms with Gasteiger partial charge in [0.1, 0.15) is 0 Å². The number of hydrogen-bond acceptors (Lipinski definition) is 3. The highest BCUT2D eigenvalue weighted by Gasteiger charge is 2.42. The van der Waals surface area contributed by atoms with E-state index in [2.05, 4.69) is 12.2 Å². The molecule has 0 aromatic heterocycles. The second-order valence-electron chi connectivity index (χ2n) is 6.25. The SMILES string of the molecule is CCCCC(CN)NC(=O)C1(c2cccc(Cl)c2)CCOCC1.Cl. The molecule has 1 aromatic carbocycles. The number of halogens is 2. The van der Waals surface area contributed by atoms with Crippen LogP contribution in [0.5, 0.6) is 0 Å². The van der Waals surface area contributed by atoms with Crippen molar-refractivity contribution in [1.29, 1.82) is 0 Å². The Morgan fingerprint density at radius 1 is 1.42 bits per heavy atom. The number of unbranched alkanes of at least 4 members (excludes halogenated alkanes) is 1. The summed E-state index contributed by atoms with van der Waals surface area (Å²) in [6.07, 6.45) is 4.42. The molecule has 3 N–H and O–H groups in total. The Kier molecular flexibility index (Phi) is 9.06. The van der Waals surface area contributed by atoms with Crippen molar-refractivity contribution in [3.05, 3.63) is 34.9 Å². The summed E-state index contributed by atoms with van der Waals surface area (Å²) in [5.74, 6) is 0.0506. The average Bonchev–Trinajstić information content (AvgIpc) is 2.59. The summed E-state index contributed by atoms with van der Waals surface area (Å²) in [5.41, 5.74) is 6.24. The summed E-state index contributed by atoms with van der Waals surface area (Å²) in [6, 6.07) is 7.65. The van der Waals surface area contributed by atoms with Crippen LogP contribution in [0.3, 0.4) is 0 Å². The number of hydrogen-bond donors (Lipinski definition) is 2. The van der Waals surface area contributed by atoms with E-state index >= 15 is 0 Å². The van der Waals surface area contributed by atoms with Crippen molar-refractivity contribution >= 4 is 29.9 Å². The van der Waals surface area contributed by atoms with Crippen LogP contribution in [0, 0.1) is 0 Å². The first-order valence-electron chi connectivity index (χ1n) is 8.47. The van der Waals surface area contributed by atoms with Gasteiger partial charge in [-0.25, -0.2) is 0 Å². The summed E-state index contributed by atoms with van der Waals surface area (Å²) in [4.78, 5) is 13.1. The molecule has 0 spiro atoms. The summed E-state index contributed by atoms with van der Waals surface area (Å²) >= 11 is 6.15. The quantitative estimate of drug-likeness (QED) is 0.767. The van der Waals surface area contributed by atoms with E-state index in [-0.39, 0.29) is 24.4 Å². The molecule has 0 radical (unpaired) electrons. The third-order valence-corrected chi connectivity index (χ3v) is 4.92. The van der Waals surface area contributed by atoms with Crippen LogP contribution in [0.4, 0.5) is 0 Å². The lowest BCUT2D eigenvalue weighted by molar-refractivity contribution is -0.131. The van der Waals surface area contributed by atoms with Crippen LogP contribution in [0.25, 0.3) is 0 Å². The Labute approximate surface area is 155 Å². The lowest BCUT2D eigenvalue weighted by Gasteiger charge is -2.37. The fourth-order valence-electron chi connectivity index (χ4n) is 3.18. The van der Waals surface area contributed by atoms with Gasteiger partial charge >= 0.3 is 0 Å². The van der Waals surface area contributed by atoms with Gasteiger partial charge in [-0.3, -0.25) is 4.79 Å². The van der Waals surface area contributed by atoms with Gasteiger partial charge in [0.2, 0.25) is 5.91 Å². The molecular formula is C18H28Cl2N2O2. The van der Waals surface area contributed by atoms with Crippen molar-refractivity contribution in [2.45, 2.75) is 50.5 Å². The number of ether oxygens (including phenoxy) is 1. The fraction of sp³-hybridized carbons (Fsp3) is 0.611. The fourth-order valence-corrected chi connectivity index (χ4v) is 3.37. The predicted octanol–water partition coefficient (Wildman–Crippen LogP) is 3.44. The maximum Gasteiger partial charge on any atom is 0.231 e. The van der Waals surface area contributed by atoms with Gasteiger partial charge in [-0.05, 0) is 37.0 Å². The van der Waals surface area contributed by atoms with E-state index in [4.69, 9.17) is 22.1 Å². The second-order valence-corrected chi connectivity index (χ2v) is 6.69. The summed E-state index contributed by atoms with van der Waals surface area (Å²) in [6.45, 7) is 3.78. The Bertz CT molecular complexity index is 519. The van der Waals surface area contributed by atoms with Crippen LogP contribution < -0.4 is 11.1 Å². The first-order chi connectivity index (χ1) is 11.1. The van der Waals surface area contributed by atoms with Gasteiger partial charge in [-0.1, -0.05) is 43.5 Å². The van der Waals surface area contributed by atoms with E-state index in [0.29, 0.717) is 37.6 Å². The largest absolute Gasteiger partial charge is 0.381 e. The number of benzene rings is 1. The predicted molar refractivity (Wildman–Crippen MR) is 101 cm³/mol. The summed E-state index contributed by atoms with van der Waals surface area (Å²) < 4.78 is 5.49. The Hall–Kier alpha value is -0.810. The number of rotatable bonds is 7. The van der Waals surface area contributed by atoms with Gasteiger partial charge in [0.25, 0.3) is 0 Å². The molecule has 0 saturated carbocycles. The van der Waals surface area contributed by atoms with Crippen molar-refractivity contribution in [2.75, 3.05) is 19.8 Å². The zero-order valence-corrected chi connectivity index (χ0v) is 15.8. The van der Waals surface area contributed by atoms with E-state index < -0.39 is 5.41 Å². The van der Waals surface area contributed by atoms with Gasteiger partial charge < -0.3 is 15.8 Å². The zero-order chi connectivity index (χ0) is 16.7. The van der Waals surface area contributed by atoms with Crippen molar-refractivity contribution in [3.8, 4) is 0 Å². The van der Waals surface area contributed by atoms with E-state index in [1.165, 1.54) is 0 Å². The molecule has 0 bridgehead atoms. The number of nitrogens with two attached hydrogens (primary N) is 1.